The van der Waals surface area contributed by atoms with Crippen molar-refractivity contribution in [3.63, 3.8) is 0 Å². The van der Waals surface area contributed by atoms with Gasteiger partial charge in [0.1, 0.15) is 22.1 Å². The average Bonchev–Trinajstić information content (AvgIpc) is 3.16. The SMILES string of the molecule is Cc1nnc(SCC2=C(C(=O)O)N3C(=O)C(NC(=O)Cc4ccc(N)cc4)[C@@H]3SC2)s1. The molecule has 2 aliphatic rings. The summed E-state index contributed by atoms with van der Waals surface area (Å²) < 4.78 is 0.754. The number of aliphatic carboxylic acids is 1. The Balaban J connectivity index is 1.42. The number of amides is 2. The number of hydrogen-bond donors (Lipinski definition) is 3. The first-order valence-corrected chi connectivity index (χ1v) is 12.1. The van der Waals surface area contributed by atoms with Crippen LogP contribution in [0.2, 0.25) is 0 Å². The van der Waals surface area contributed by atoms with E-state index in [0.29, 0.717) is 22.8 Å². The summed E-state index contributed by atoms with van der Waals surface area (Å²) >= 11 is 4.30. The molecule has 2 aliphatic heterocycles. The Bertz CT molecular complexity index is 1070. The van der Waals surface area contributed by atoms with Crippen LogP contribution in [0.25, 0.3) is 0 Å². The lowest BCUT2D eigenvalue weighted by Crippen LogP contribution is -2.70. The van der Waals surface area contributed by atoms with E-state index in [-0.39, 0.29) is 18.0 Å². The maximum absolute atomic E-state index is 12.7. The van der Waals surface area contributed by atoms with E-state index in [1.165, 1.54) is 39.8 Å². The highest BCUT2D eigenvalue weighted by atomic mass is 32.2. The fourth-order valence-corrected chi connectivity index (χ4v) is 6.63. The summed E-state index contributed by atoms with van der Waals surface area (Å²) in [6.45, 7) is 1.85. The minimum atomic E-state index is -1.14. The molecule has 1 fully saturated rings. The number of thioether (sulfide) groups is 2. The predicted octanol–water partition coefficient (Wildman–Crippen LogP) is 1.50. The molecular weight excluding hydrogens is 458 g/mol. The Morgan fingerprint density at radius 3 is 2.71 bits per heavy atom. The zero-order valence-electron chi connectivity index (χ0n) is 16.4. The number of carboxylic acids is 1. The van der Waals surface area contributed by atoms with E-state index in [2.05, 4.69) is 15.5 Å². The van der Waals surface area contributed by atoms with E-state index in [9.17, 15) is 19.5 Å². The molecule has 0 saturated carbocycles. The summed E-state index contributed by atoms with van der Waals surface area (Å²) in [5.74, 6) is -0.972. The molecule has 2 aromatic rings. The van der Waals surface area contributed by atoms with Gasteiger partial charge in [-0.15, -0.1) is 22.0 Å². The standard InChI is InChI=1S/C19H19N5O4S3/c1-9-22-23-19(31-9)30-8-11-7-29-17-14(16(26)24(17)15(11)18(27)28)21-13(25)6-10-2-4-12(20)5-3-10/h2-5,14,17H,6-8,20H2,1H3,(H,21,25)(H,27,28)/t14?,17-/m0/s1. The number of nitrogens with two attached hydrogens (primary N) is 1. The summed E-state index contributed by atoms with van der Waals surface area (Å²) in [5, 5.41) is 20.9. The minimum Gasteiger partial charge on any atom is -0.477 e. The molecule has 2 amide bonds. The summed E-state index contributed by atoms with van der Waals surface area (Å²) in [6.07, 6.45) is 0.117. The van der Waals surface area contributed by atoms with E-state index in [1.54, 1.807) is 24.3 Å². The molecule has 4 N–H and O–H groups in total. The third-order valence-corrected chi connectivity index (χ3v) is 8.19. The minimum absolute atomic E-state index is 0.00604. The third-order valence-electron chi connectivity index (χ3n) is 4.79. The van der Waals surface area contributed by atoms with Crippen LogP contribution in [0.3, 0.4) is 0 Å². The fraction of sp³-hybridized carbons (Fsp3) is 0.316. The molecule has 2 atom stereocenters. The van der Waals surface area contributed by atoms with Gasteiger partial charge in [-0.3, -0.25) is 14.5 Å². The highest BCUT2D eigenvalue weighted by Crippen LogP contribution is 2.41. The Labute approximate surface area is 190 Å². The number of carbonyl (C=O) groups is 3. The van der Waals surface area contributed by atoms with Gasteiger partial charge in [0.15, 0.2) is 4.34 Å². The van der Waals surface area contributed by atoms with Crippen LogP contribution >= 0.6 is 34.9 Å². The average molecular weight is 478 g/mol. The number of β-lactam (4-membered cyclic amide) rings is 1. The number of rotatable bonds is 7. The molecule has 3 heterocycles. The summed E-state index contributed by atoms with van der Waals surface area (Å²) in [4.78, 5) is 38.3. The molecule has 1 saturated heterocycles. The lowest BCUT2D eigenvalue weighted by atomic mass is 10.0. The first kappa shape index (κ1) is 21.7. The predicted molar refractivity (Wildman–Crippen MR) is 120 cm³/mol. The summed E-state index contributed by atoms with van der Waals surface area (Å²) in [7, 11) is 0. The van der Waals surface area contributed by atoms with Crippen molar-refractivity contribution in [1.82, 2.24) is 20.4 Å². The molecule has 1 aromatic heterocycles. The van der Waals surface area contributed by atoms with Gasteiger partial charge >= 0.3 is 5.97 Å². The fourth-order valence-electron chi connectivity index (χ4n) is 3.33. The number of nitrogens with one attached hydrogen (secondary N) is 1. The Hall–Kier alpha value is -2.57. The number of aryl methyl sites for hydroxylation is 1. The Morgan fingerprint density at radius 1 is 1.32 bits per heavy atom. The summed E-state index contributed by atoms with van der Waals surface area (Å²) in [6, 6.07) is 6.20. The molecule has 1 aromatic carbocycles. The van der Waals surface area contributed by atoms with Gasteiger partial charge < -0.3 is 16.2 Å². The van der Waals surface area contributed by atoms with E-state index >= 15 is 0 Å². The van der Waals surface area contributed by atoms with Crippen LogP contribution in [0, 0.1) is 6.92 Å². The van der Waals surface area contributed by atoms with E-state index in [1.807, 2.05) is 6.92 Å². The van der Waals surface area contributed by atoms with Gasteiger partial charge in [-0.1, -0.05) is 35.2 Å². The molecular formula is C19H19N5O4S3. The monoisotopic (exact) mass is 477 g/mol. The molecule has 4 rings (SSSR count). The Kier molecular flexibility index (Phi) is 6.21. The third kappa shape index (κ3) is 4.55. The van der Waals surface area contributed by atoms with Gasteiger partial charge in [0.2, 0.25) is 5.91 Å². The van der Waals surface area contributed by atoms with Crippen molar-refractivity contribution in [2.45, 2.75) is 29.1 Å². The number of aromatic nitrogens is 2. The number of anilines is 1. The van der Waals surface area contributed by atoms with E-state index < -0.39 is 23.3 Å². The van der Waals surface area contributed by atoms with Crippen molar-refractivity contribution >= 4 is 58.3 Å². The molecule has 12 heteroatoms. The first-order valence-electron chi connectivity index (χ1n) is 9.30. The van der Waals surface area contributed by atoms with E-state index in [4.69, 9.17) is 5.73 Å². The van der Waals surface area contributed by atoms with Gasteiger partial charge in [-0.05, 0) is 30.2 Å². The van der Waals surface area contributed by atoms with Crippen LogP contribution in [0.1, 0.15) is 10.6 Å². The largest absolute Gasteiger partial charge is 0.477 e. The number of carbonyl (C=O) groups excluding carboxylic acids is 2. The quantitative estimate of drug-likeness (QED) is 0.308. The lowest BCUT2D eigenvalue weighted by Gasteiger charge is -2.49. The molecule has 31 heavy (non-hydrogen) atoms. The number of carboxylic acid groups (broad SMARTS) is 1. The number of nitrogens with zero attached hydrogens (tertiary/aromatic N) is 3. The number of fused-ring (bicyclic) bond motifs is 1. The second-order valence-corrected chi connectivity index (χ2v) is 10.5. The molecule has 0 aliphatic carbocycles. The maximum atomic E-state index is 12.7. The van der Waals surface area contributed by atoms with Crippen LogP contribution in [-0.4, -0.2) is 60.9 Å². The molecule has 162 valence electrons. The van der Waals surface area contributed by atoms with Gasteiger partial charge in [-0.2, -0.15) is 0 Å². The zero-order chi connectivity index (χ0) is 22.1. The number of benzene rings is 1. The molecule has 9 nitrogen and oxygen atoms in total. The second-order valence-electron chi connectivity index (χ2n) is 7.01. The second kappa shape index (κ2) is 8.89. The maximum Gasteiger partial charge on any atom is 0.352 e. The van der Waals surface area contributed by atoms with Crippen molar-refractivity contribution in [3.8, 4) is 0 Å². The van der Waals surface area contributed by atoms with Crippen molar-refractivity contribution in [2.24, 2.45) is 0 Å². The molecule has 0 bridgehead atoms. The van der Waals surface area contributed by atoms with Gasteiger partial charge in [-0.25, -0.2) is 4.79 Å². The van der Waals surface area contributed by atoms with E-state index in [0.717, 1.165) is 14.9 Å². The van der Waals surface area contributed by atoms with Crippen molar-refractivity contribution < 1.29 is 19.5 Å². The molecule has 0 radical (unpaired) electrons. The van der Waals surface area contributed by atoms with Gasteiger partial charge in [0.05, 0.1) is 6.42 Å². The van der Waals surface area contributed by atoms with Crippen LogP contribution in [0.4, 0.5) is 5.69 Å². The molecule has 0 spiro atoms. The highest BCUT2D eigenvalue weighted by molar-refractivity contribution is 8.01. The highest BCUT2D eigenvalue weighted by Gasteiger charge is 2.54. The van der Waals surface area contributed by atoms with Crippen molar-refractivity contribution in [2.75, 3.05) is 17.2 Å². The number of nitrogen functional groups attached to an aromatic ring is 1. The zero-order valence-corrected chi connectivity index (χ0v) is 18.9. The van der Waals surface area contributed by atoms with Crippen molar-refractivity contribution in [3.05, 3.63) is 46.1 Å². The van der Waals surface area contributed by atoms with Crippen LogP contribution < -0.4 is 11.1 Å². The molecule has 1 unspecified atom stereocenters. The van der Waals surface area contributed by atoms with Gasteiger partial charge in [0, 0.05) is 17.2 Å². The van der Waals surface area contributed by atoms with Crippen molar-refractivity contribution in [1.29, 1.82) is 0 Å². The van der Waals surface area contributed by atoms with Crippen LogP contribution in [0.5, 0.6) is 0 Å². The van der Waals surface area contributed by atoms with Crippen LogP contribution in [0.15, 0.2) is 39.9 Å². The van der Waals surface area contributed by atoms with Crippen LogP contribution in [-0.2, 0) is 20.8 Å². The normalized spacial score (nSPS) is 20.3. The topological polar surface area (TPSA) is 139 Å². The Morgan fingerprint density at radius 2 is 2.06 bits per heavy atom. The summed E-state index contributed by atoms with van der Waals surface area (Å²) in [5.41, 5.74) is 7.70. The smallest absolute Gasteiger partial charge is 0.352 e. The lowest BCUT2D eigenvalue weighted by molar-refractivity contribution is -0.150. The van der Waals surface area contributed by atoms with Gasteiger partial charge in [0.25, 0.3) is 5.91 Å². The first-order chi connectivity index (χ1) is 14.8. The number of hydrogen-bond acceptors (Lipinski definition) is 9.